The van der Waals surface area contributed by atoms with Gasteiger partial charge in [-0.2, -0.15) is 4.98 Å². The van der Waals surface area contributed by atoms with Crippen molar-refractivity contribution in [2.24, 2.45) is 0 Å². The number of methoxy groups -OCH3 is 1. The van der Waals surface area contributed by atoms with E-state index in [4.69, 9.17) is 10.5 Å². The highest BCUT2D eigenvalue weighted by Gasteiger charge is 2.24. The zero-order valence-electron chi connectivity index (χ0n) is 15.1. The highest BCUT2D eigenvalue weighted by molar-refractivity contribution is 7.16. The van der Waals surface area contributed by atoms with Crippen molar-refractivity contribution in [3.05, 3.63) is 29.5 Å². The van der Waals surface area contributed by atoms with Crippen molar-refractivity contribution >= 4 is 45.2 Å². The van der Waals surface area contributed by atoms with E-state index >= 15 is 0 Å². The van der Waals surface area contributed by atoms with Crippen LogP contribution in [-0.4, -0.2) is 59.2 Å². The number of piperazine rings is 1. The molecule has 9 nitrogen and oxygen atoms in total. The number of hydrogen-bond acceptors (Lipinski definition) is 8. The summed E-state index contributed by atoms with van der Waals surface area (Å²) in [5.41, 5.74) is 8.60. The van der Waals surface area contributed by atoms with E-state index in [1.165, 1.54) is 30.6 Å². The number of ether oxygens (including phenoxy) is 1. The van der Waals surface area contributed by atoms with Crippen molar-refractivity contribution in [1.29, 1.82) is 0 Å². The Kier molecular flexibility index (Phi) is 4.82. The molecule has 0 spiro atoms. The molecule has 1 aromatic carbocycles. The molecule has 28 heavy (non-hydrogen) atoms. The van der Waals surface area contributed by atoms with Gasteiger partial charge < -0.3 is 25.6 Å². The van der Waals surface area contributed by atoms with E-state index in [0.29, 0.717) is 43.2 Å². The van der Waals surface area contributed by atoms with Crippen molar-refractivity contribution in [3.63, 3.8) is 0 Å². The molecule has 3 heterocycles. The second-order valence-electron chi connectivity index (χ2n) is 6.17. The summed E-state index contributed by atoms with van der Waals surface area (Å²) in [4.78, 5) is 29.8. The fourth-order valence-electron chi connectivity index (χ4n) is 3.05. The molecule has 11 heteroatoms. The summed E-state index contributed by atoms with van der Waals surface area (Å²) in [6, 6.07) is 4.01. The van der Waals surface area contributed by atoms with Crippen LogP contribution in [0, 0.1) is 5.82 Å². The molecular weight excluding hydrogens is 385 g/mol. The van der Waals surface area contributed by atoms with Crippen LogP contribution in [0.15, 0.2) is 23.7 Å². The summed E-state index contributed by atoms with van der Waals surface area (Å²) in [6.45, 7) is 2.13. The molecule has 0 unspecified atom stereocenters. The van der Waals surface area contributed by atoms with E-state index in [2.05, 4.69) is 20.3 Å². The van der Waals surface area contributed by atoms with Gasteiger partial charge >= 0.3 is 6.03 Å². The SMILES string of the molecule is COc1ccc(NC(=O)N2CCN(c3nc(N)nc4scnc34)CC2)cc1F. The van der Waals surface area contributed by atoms with Crippen molar-refractivity contribution in [3.8, 4) is 5.75 Å². The number of nitrogens with two attached hydrogens (primary N) is 1. The average Bonchev–Trinajstić information content (AvgIpc) is 3.16. The number of nitrogens with zero attached hydrogens (tertiary/aromatic N) is 5. The molecule has 0 atom stereocenters. The quantitative estimate of drug-likeness (QED) is 0.690. The number of hydrogen-bond donors (Lipinski definition) is 2. The van der Waals surface area contributed by atoms with Gasteiger partial charge in [0.25, 0.3) is 0 Å². The fraction of sp³-hybridized carbons (Fsp3) is 0.294. The largest absolute Gasteiger partial charge is 0.494 e. The highest BCUT2D eigenvalue weighted by Crippen LogP contribution is 2.27. The highest BCUT2D eigenvalue weighted by atomic mass is 32.1. The topological polar surface area (TPSA) is 110 Å². The number of nitrogens with one attached hydrogen (secondary N) is 1. The molecule has 0 aliphatic carbocycles. The molecule has 146 valence electrons. The van der Waals surface area contributed by atoms with E-state index < -0.39 is 5.82 Å². The van der Waals surface area contributed by atoms with E-state index in [9.17, 15) is 9.18 Å². The Balaban J connectivity index is 1.41. The number of urea groups is 1. The average molecular weight is 403 g/mol. The summed E-state index contributed by atoms with van der Waals surface area (Å²) in [7, 11) is 1.39. The minimum absolute atomic E-state index is 0.129. The first kappa shape index (κ1) is 18.2. The molecule has 3 N–H and O–H groups in total. The number of fused-ring (bicyclic) bond motifs is 1. The van der Waals surface area contributed by atoms with Crippen LogP contribution in [0.2, 0.25) is 0 Å². The lowest BCUT2D eigenvalue weighted by molar-refractivity contribution is 0.208. The summed E-state index contributed by atoms with van der Waals surface area (Å²) in [6.07, 6.45) is 0. The molecule has 0 saturated carbocycles. The maximum absolute atomic E-state index is 13.8. The van der Waals surface area contributed by atoms with Crippen LogP contribution in [0.1, 0.15) is 0 Å². The molecule has 1 aliphatic heterocycles. The Bertz CT molecular complexity index is 1020. The van der Waals surface area contributed by atoms with Gasteiger partial charge in [0.2, 0.25) is 5.95 Å². The van der Waals surface area contributed by atoms with Gasteiger partial charge in [-0.05, 0) is 12.1 Å². The number of rotatable bonds is 3. The smallest absolute Gasteiger partial charge is 0.321 e. The number of halogens is 1. The van der Waals surface area contributed by atoms with Gasteiger partial charge in [0, 0.05) is 37.9 Å². The van der Waals surface area contributed by atoms with Crippen molar-refractivity contribution in [1.82, 2.24) is 19.9 Å². The lowest BCUT2D eigenvalue weighted by Crippen LogP contribution is -2.50. The molecule has 0 bridgehead atoms. The van der Waals surface area contributed by atoms with E-state index in [-0.39, 0.29) is 17.7 Å². The summed E-state index contributed by atoms with van der Waals surface area (Å²) in [5.74, 6) is 0.484. The van der Waals surface area contributed by atoms with Gasteiger partial charge in [-0.1, -0.05) is 0 Å². The third kappa shape index (κ3) is 3.48. The molecule has 1 aliphatic rings. The van der Waals surface area contributed by atoms with Crippen molar-refractivity contribution in [2.45, 2.75) is 0 Å². The van der Waals surface area contributed by atoms with Gasteiger partial charge in [0.15, 0.2) is 22.2 Å². The first-order valence-electron chi connectivity index (χ1n) is 8.56. The number of carbonyl (C=O) groups excluding carboxylic acids is 1. The van der Waals surface area contributed by atoms with E-state index in [1.807, 2.05) is 4.90 Å². The lowest BCUT2D eigenvalue weighted by atomic mass is 10.3. The first-order valence-corrected chi connectivity index (χ1v) is 9.44. The summed E-state index contributed by atoms with van der Waals surface area (Å²) in [5, 5.41) is 2.71. The van der Waals surface area contributed by atoms with Gasteiger partial charge in [-0.15, -0.1) is 11.3 Å². The predicted molar refractivity (Wildman–Crippen MR) is 105 cm³/mol. The number of nitrogen functional groups attached to an aromatic ring is 1. The zero-order chi connectivity index (χ0) is 19.7. The fourth-order valence-corrected chi connectivity index (χ4v) is 3.71. The van der Waals surface area contributed by atoms with Gasteiger partial charge in [0.05, 0.1) is 12.6 Å². The van der Waals surface area contributed by atoms with Crippen molar-refractivity contribution in [2.75, 3.05) is 49.2 Å². The summed E-state index contributed by atoms with van der Waals surface area (Å²) < 4.78 is 18.7. The number of carbonyl (C=O) groups is 1. The monoisotopic (exact) mass is 403 g/mol. The number of aromatic nitrogens is 3. The van der Waals surface area contributed by atoms with Gasteiger partial charge in [-0.3, -0.25) is 0 Å². The van der Waals surface area contributed by atoms with Crippen LogP contribution in [0.3, 0.4) is 0 Å². The first-order chi connectivity index (χ1) is 13.5. The van der Waals surface area contributed by atoms with Crippen LogP contribution in [0.25, 0.3) is 10.3 Å². The minimum atomic E-state index is -0.529. The maximum atomic E-state index is 13.8. The number of thiazole rings is 1. The second-order valence-corrected chi connectivity index (χ2v) is 7.00. The Morgan fingerprint density at radius 3 is 2.79 bits per heavy atom. The third-order valence-corrected chi connectivity index (χ3v) is 5.19. The Hall–Kier alpha value is -3.21. The second kappa shape index (κ2) is 7.43. The summed E-state index contributed by atoms with van der Waals surface area (Å²) >= 11 is 1.41. The molecule has 0 radical (unpaired) electrons. The van der Waals surface area contributed by atoms with Crippen molar-refractivity contribution < 1.29 is 13.9 Å². The normalized spacial score (nSPS) is 14.4. The predicted octanol–water partition coefficient (Wildman–Crippen LogP) is 2.17. The Labute approximate surface area is 164 Å². The van der Waals surface area contributed by atoms with E-state index in [0.717, 1.165) is 4.83 Å². The maximum Gasteiger partial charge on any atom is 0.321 e. The van der Waals surface area contributed by atoms with Crippen LogP contribution >= 0.6 is 11.3 Å². The zero-order valence-corrected chi connectivity index (χ0v) is 15.9. The molecule has 3 aromatic rings. The molecule has 2 aromatic heterocycles. The molecule has 1 fully saturated rings. The number of anilines is 3. The standard InChI is InChI=1S/C17H18FN7O2S/c1-27-12-3-2-10(8-11(12)18)21-17(26)25-6-4-24(5-7-25)14-13-15(28-9-20-13)23-16(19)22-14/h2-3,8-9H,4-7H2,1H3,(H,21,26)(H2,19,22,23). The van der Waals surface area contributed by atoms with Crippen LogP contribution < -0.4 is 20.7 Å². The minimum Gasteiger partial charge on any atom is -0.494 e. The molecule has 2 amide bonds. The third-order valence-electron chi connectivity index (χ3n) is 4.47. The van der Waals surface area contributed by atoms with E-state index in [1.54, 1.807) is 16.5 Å². The molecular formula is C17H18FN7O2S. The van der Waals surface area contributed by atoms with Gasteiger partial charge in [0.1, 0.15) is 5.52 Å². The number of amides is 2. The lowest BCUT2D eigenvalue weighted by Gasteiger charge is -2.35. The Morgan fingerprint density at radius 2 is 2.07 bits per heavy atom. The van der Waals surface area contributed by atoms with Crippen LogP contribution in [0.5, 0.6) is 5.75 Å². The van der Waals surface area contributed by atoms with Crippen LogP contribution in [-0.2, 0) is 0 Å². The molecule has 4 rings (SSSR count). The van der Waals surface area contributed by atoms with Crippen LogP contribution in [0.4, 0.5) is 26.6 Å². The van der Waals surface area contributed by atoms with Gasteiger partial charge in [-0.25, -0.2) is 19.2 Å². The number of benzene rings is 1. The molecule has 1 saturated heterocycles. The Morgan fingerprint density at radius 1 is 1.29 bits per heavy atom.